The van der Waals surface area contributed by atoms with Crippen LogP contribution in [0.1, 0.15) is 13.3 Å². The number of fused-ring (bicyclic) bond motifs is 3. The molecule has 2 aromatic heterocycles. The van der Waals surface area contributed by atoms with Gasteiger partial charge in [-0.3, -0.25) is 4.90 Å². The number of nitrogens with zero attached hydrogens (tertiary/aromatic N) is 2. The highest BCUT2D eigenvalue weighted by Gasteiger charge is 2.30. The molecule has 0 saturated carbocycles. The number of hydrogen-bond donors (Lipinski definition) is 2. The van der Waals surface area contributed by atoms with E-state index in [2.05, 4.69) is 9.97 Å². The number of pyridine rings is 1. The molecule has 2 N–H and O–H groups in total. The fourth-order valence-electron chi connectivity index (χ4n) is 4.36. The molecule has 4 aromatic rings. The fraction of sp³-hybridized carbons (Fsp3) is 0.346. The monoisotopic (exact) mass is 569 g/mol. The maximum atomic E-state index is 12.8. The average molecular weight is 570 g/mol. The predicted octanol–water partition coefficient (Wildman–Crippen LogP) is 5.46. The number of aliphatic hydroxyl groups excluding tert-OH is 1. The normalized spacial score (nSPS) is 12.6. The van der Waals surface area contributed by atoms with Crippen molar-refractivity contribution < 1.29 is 31.4 Å². The molecule has 0 aliphatic heterocycles. The van der Waals surface area contributed by atoms with Crippen LogP contribution in [0.3, 0.4) is 0 Å². The summed E-state index contributed by atoms with van der Waals surface area (Å²) in [4.78, 5) is 8.95. The van der Waals surface area contributed by atoms with E-state index >= 15 is 0 Å². The first-order valence-corrected chi connectivity index (χ1v) is 14.0. The van der Waals surface area contributed by atoms with Crippen LogP contribution in [-0.2, 0) is 9.84 Å². The molecule has 38 heavy (non-hydrogen) atoms. The van der Waals surface area contributed by atoms with E-state index in [1.807, 2.05) is 12.1 Å². The highest BCUT2D eigenvalue weighted by Crippen LogP contribution is 2.40. The lowest BCUT2D eigenvalue weighted by Gasteiger charge is -2.22. The molecule has 204 valence electrons. The van der Waals surface area contributed by atoms with Crippen LogP contribution in [0.15, 0.2) is 53.6 Å². The molecule has 7 nitrogen and oxygen atoms in total. The first-order valence-electron chi connectivity index (χ1n) is 12.0. The average Bonchev–Trinajstić information content (AvgIpc) is 3.25. The van der Waals surface area contributed by atoms with Crippen molar-refractivity contribution in [2.24, 2.45) is 0 Å². The predicted molar refractivity (Wildman–Crippen MR) is 141 cm³/mol. The number of ether oxygens (including phenoxy) is 1. The number of aromatic amines is 1. The van der Waals surface area contributed by atoms with Crippen LogP contribution >= 0.6 is 11.6 Å². The first kappa shape index (κ1) is 28.2. The summed E-state index contributed by atoms with van der Waals surface area (Å²) >= 11 is 6.23. The summed E-state index contributed by atoms with van der Waals surface area (Å²) in [5.74, 6) is 0.448. The van der Waals surface area contributed by atoms with Crippen molar-refractivity contribution >= 4 is 43.4 Å². The smallest absolute Gasteiger partial charge is 0.401 e. The van der Waals surface area contributed by atoms with Crippen LogP contribution in [0, 0.1) is 0 Å². The summed E-state index contributed by atoms with van der Waals surface area (Å²) in [5.41, 5.74) is 2.59. The summed E-state index contributed by atoms with van der Waals surface area (Å²) in [7, 11) is -3.42. The number of alkyl halides is 3. The number of sulfone groups is 1. The second kappa shape index (κ2) is 11.5. The van der Waals surface area contributed by atoms with Crippen molar-refractivity contribution in [3.63, 3.8) is 0 Å². The Morgan fingerprint density at radius 1 is 1.16 bits per heavy atom. The molecule has 0 bridgehead atoms. The molecule has 0 fully saturated rings. The Kier molecular flexibility index (Phi) is 8.51. The zero-order valence-electron chi connectivity index (χ0n) is 20.6. The maximum absolute atomic E-state index is 12.8. The molecule has 0 saturated heterocycles. The maximum Gasteiger partial charge on any atom is 0.401 e. The molecule has 2 heterocycles. The van der Waals surface area contributed by atoms with Gasteiger partial charge in [0.1, 0.15) is 11.4 Å². The van der Waals surface area contributed by atoms with E-state index in [4.69, 9.17) is 21.4 Å². The third-order valence-corrected chi connectivity index (χ3v) is 8.05. The highest BCUT2D eigenvalue weighted by atomic mass is 35.5. The Morgan fingerprint density at radius 2 is 1.95 bits per heavy atom. The minimum atomic E-state index is -4.36. The van der Waals surface area contributed by atoms with E-state index in [0.717, 1.165) is 21.2 Å². The lowest BCUT2D eigenvalue weighted by Crippen LogP contribution is -2.37. The third kappa shape index (κ3) is 6.40. The van der Waals surface area contributed by atoms with E-state index in [9.17, 15) is 21.6 Å². The van der Waals surface area contributed by atoms with Crippen LogP contribution in [0.25, 0.3) is 33.1 Å². The molecule has 0 amide bonds. The van der Waals surface area contributed by atoms with Crippen molar-refractivity contribution in [2.45, 2.75) is 24.4 Å². The third-order valence-electron chi connectivity index (χ3n) is 6.11. The number of halogens is 4. The number of aromatic nitrogens is 2. The summed E-state index contributed by atoms with van der Waals surface area (Å²) in [6.45, 7) is 0.273. The zero-order valence-corrected chi connectivity index (χ0v) is 22.1. The van der Waals surface area contributed by atoms with E-state index < -0.39 is 22.6 Å². The molecule has 0 radical (unpaired) electrons. The quantitative estimate of drug-likeness (QED) is 0.233. The van der Waals surface area contributed by atoms with E-state index in [1.165, 1.54) is 6.20 Å². The van der Waals surface area contributed by atoms with Gasteiger partial charge in [0.25, 0.3) is 0 Å². The minimum absolute atomic E-state index is 0.0239. The number of nitrogens with one attached hydrogen (secondary N) is 1. The number of rotatable bonds is 11. The van der Waals surface area contributed by atoms with Crippen molar-refractivity contribution in [2.75, 3.05) is 38.6 Å². The van der Waals surface area contributed by atoms with Gasteiger partial charge in [0.15, 0.2) is 9.84 Å². The van der Waals surface area contributed by atoms with Crippen molar-refractivity contribution in [1.29, 1.82) is 0 Å². The summed E-state index contributed by atoms with van der Waals surface area (Å²) < 4.78 is 69.3. The molecular weight excluding hydrogens is 543 g/mol. The van der Waals surface area contributed by atoms with Crippen molar-refractivity contribution in [3.05, 3.63) is 53.7 Å². The second-order valence-electron chi connectivity index (χ2n) is 8.78. The molecule has 12 heteroatoms. The largest absolute Gasteiger partial charge is 0.491 e. The summed E-state index contributed by atoms with van der Waals surface area (Å²) in [6.07, 6.45) is -2.55. The standard InChI is InChI=1S/C26H27ClF3N3O4S/c1-2-38(35,36)19-6-3-5-17(13-19)20-7-8-22(24-23(20)21-14-18(27)15-31-25(21)32-24)37-12-4-9-33(10-11-34)16-26(28,29)30/h3,5-8,13-15,34H,2,4,9-12,16H2,1H3,(H,31,32). The molecule has 0 atom stereocenters. The molecule has 2 aromatic carbocycles. The Bertz CT molecular complexity index is 1540. The summed E-state index contributed by atoms with van der Waals surface area (Å²) in [5, 5.41) is 11.0. The van der Waals surface area contributed by atoms with Gasteiger partial charge >= 0.3 is 6.18 Å². The van der Waals surface area contributed by atoms with Gasteiger partial charge < -0.3 is 14.8 Å². The molecule has 0 unspecified atom stereocenters. The number of H-pyrrole nitrogens is 1. The topological polar surface area (TPSA) is 95.5 Å². The van der Waals surface area contributed by atoms with Gasteiger partial charge in [-0.15, -0.1) is 0 Å². The van der Waals surface area contributed by atoms with Gasteiger partial charge in [0.2, 0.25) is 0 Å². The van der Waals surface area contributed by atoms with Gasteiger partial charge in [-0.1, -0.05) is 30.7 Å². The summed E-state index contributed by atoms with van der Waals surface area (Å²) in [6, 6.07) is 12.0. The molecule has 0 aliphatic rings. The van der Waals surface area contributed by atoms with Crippen LogP contribution < -0.4 is 4.74 Å². The first-order chi connectivity index (χ1) is 18.0. The fourth-order valence-corrected chi connectivity index (χ4v) is 5.44. The number of benzene rings is 2. The Balaban J connectivity index is 1.68. The van der Waals surface area contributed by atoms with Crippen LogP contribution in [0.4, 0.5) is 13.2 Å². The second-order valence-corrected chi connectivity index (χ2v) is 11.5. The molecular formula is C26H27ClF3N3O4S. The SMILES string of the molecule is CCS(=O)(=O)c1cccc(-c2ccc(OCCCN(CCO)CC(F)(F)F)c3[nH]c4ncc(Cl)cc4c23)c1. The number of aliphatic hydroxyl groups is 1. The van der Waals surface area contributed by atoms with Crippen LogP contribution in [0.5, 0.6) is 5.75 Å². The Morgan fingerprint density at radius 3 is 2.66 bits per heavy atom. The van der Waals surface area contributed by atoms with Gasteiger partial charge in [0.05, 0.1) is 40.9 Å². The van der Waals surface area contributed by atoms with Gasteiger partial charge in [-0.05, 0) is 47.9 Å². The van der Waals surface area contributed by atoms with Gasteiger partial charge in [-0.25, -0.2) is 13.4 Å². The minimum Gasteiger partial charge on any atom is -0.491 e. The van der Waals surface area contributed by atoms with Gasteiger partial charge in [0, 0.05) is 30.1 Å². The Labute approximate surface area is 223 Å². The molecule has 4 rings (SSSR count). The van der Waals surface area contributed by atoms with Crippen LogP contribution in [0.2, 0.25) is 5.02 Å². The van der Waals surface area contributed by atoms with E-state index in [0.29, 0.717) is 33.9 Å². The van der Waals surface area contributed by atoms with E-state index in [-0.39, 0.29) is 37.0 Å². The highest BCUT2D eigenvalue weighted by molar-refractivity contribution is 7.91. The van der Waals surface area contributed by atoms with Crippen molar-refractivity contribution in [1.82, 2.24) is 14.9 Å². The van der Waals surface area contributed by atoms with Crippen molar-refractivity contribution in [3.8, 4) is 16.9 Å². The lowest BCUT2D eigenvalue weighted by atomic mass is 9.99. The lowest BCUT2D eigenvalue weighted by molar-refractivity contribution is -0.147. The van der Waals surface area contributed by atoms with Crippen LogP contribution in [-0.4, -0.2) is 73.2 Å². The number of hydrogen-bond acceptors (Lipinski definition) is 6. The molecule has 0 aliphatic carbocycles. The zero-order chi connectivity index (χ0) is 27.5. The molecule has 0 spiro atoms. The van der Waals surface area contributed by atoms with Gasteiger partial charge in [-0.2, -0.15) is 13.2 Å². The Hall–Kier alpha value is -2.86. The van der Waals surface area contributed by atoms with E-state index in [1.54, 1.807) is 37.3 Å².